The Morgan fingerprint density at radius 1 is 1.52 bits per heavy atom. The summed E-state index contributed by atoms with van der Waals surface area (Å²) in [6.45, 7) is 2.07. The number of rotatable bonds is 5. The van der Waals surface area contributed by atoms with E-state index in [4.69, 9.17) is 15.2 Å². The van der Waals surface area contributed by atoms with Crippen molar-refractivity contribution in [2.75, 3.05) is 52.3 Å². The largest absolute Gasteiger partial charge is 0.384 e. The number of carbonyl (C=O) groups is 2. The van der Waals surface area contributed by atoms with Gasteiger partial charge in [-0.15, -0.1) is 0 Å². The second-order valence-corrected chi connectivity index (χ2v) is 5.97. The molecule has 1 saturated heterocycles. The molecule has 1 aromatic rings. The van der Waals surface area contributed by atoms with Crippen molar-refractivity contribution in [2.24, 2.45) is 0 Å². The molecule has 0 radical (unpaired) electrons. The van der Waals surface area contributed by atoms with Crippen molar-refractivity contribution < 1.29 is 24.2 Å². The lowest BCUT2D eigenvalue weighted by molar-refractivity contribution is -0.126. The molecule has 138 valence electrons. The number of ether oxygens (including phenoxy) is 2. The van der Waals surface area contributed by atoms with E-state index in [-0.39, 0.29) is 62.9 Å². The van der Waals surface area contributed by atoms with Gasteiger partial charge in [-0.3, -0.25) is 9.59 Å². The van der Waals surface area contributed by atoms with Crippen LogP contribution < -0.4 is 11.1 Å². The first-order chi connectivity index (χ1) is 11.8. The Kier molecular flexibility index (Phi) is 6.23. The maximum absolute atomic E-state index is 12.7. The predicted molar refractivity (Wildman–Crippen MR) is 87.7 cm³/mol. The van der Waals surface area contributed by atoms with Crippen LogP contribution in [0.4, 0.5) is 5.95 Å². The van der Waals surface area contributed by atoms with Gasteiger partial charge in [0.05, 0.1) is 26.3 Å². The Morgan fingerprint density at radius 2 is 2.28 bits per heavy atom. The zero-order chi connectivity index (χ0) is 18.4. The first kappa shape index (κ1) is 19.0. The molecule has 2 rings (SSSR count). The number of anilines is 1. The minimum absolute atomic E-state index is 0.00498. The molecular formula is C15H23N5O5. The highest BCUT2D eigenvalue weighted by molar-refractivity contribution is 5.92. The van der Waals surface area contributed by atoms with E-state index in [1.54, 1.807) is 6.92 Å². The Balaban J connectivity index is 2.09. The molecule has 1 aliphatic rings. The van der Waals surface area contributed by atoms with Crippen LogP contribution in [0.2, 0.25) is 0 Å². The van der Waals surface area contributed by atoms with Crippen LogP contribution in [0.25, 0.3) is 0 Å². The minimum Gasteiger partial charge on any atom is -0.384 e. The number of hydrogen-bond donors (Lipinski definition) is 3. The molecule has 1 aliphatic heterocycles. The summed E-state index contributed by atoms with van der Waals surface area (Å²) in [5, 5.41) is 13.3. The van der Waals surface area contributed by atoms with Crippen LogP contribution in [0.3, 0.4) is 0 Å². The molecule has 0 bridgehead atoms. The maximum Gasteiger partial charge on any atom is 0.272 e. The summed E-state index contributed by atoms with van der Waals surface area (Å²) in [5.41, 5.74) is 4.90. The quantitative estimate of drug-likeness (QED) is 0.571. The van der Waals surface area contributed by atoms with Gasteiger partial charge in [0.25, 0.3) is 5.91 Å². The van der Waals surface area contributed by atoms with Gasteiger partial charge >= 0.3 is 0 Å². The monoisotopic (exact) mass is 353 g/mol. The number of β-amino-alcohol motifs (C(OH)–C–C–N with tert-alkyl or cyclic N) is 1. The molecule has 2 heterocycles. The lowest BCUT2D eigenvalue weighted by Gasteiger charge is -2.30. The predicted octanol–water partition coefficient (Wildman–Crippen LogP) is -1.67. The van der Waals surface area contributed by atoms with E-state index in [1.165, 1.54) is 18.1 Å². The van der Waals surface area contributed by atoms with Gasteiger partial charge in [-0.25, -0.2) is 9.97 Å². The fourth-order valence-electron chi connectivity index (χ4n) is 2.51. The first-order valence-electron chi connectivity index (χ1n) is 7.79. The zero-order valence-electron chi connectivity index (χ0n) is 14.3. The van der Waals surface area contributed by atoms with E-state index >= 15 is 0 Å². The average molecular weight is 353 g/mol. The van der Waals surface area contributed by atoms with Gasteiger partial charge in [0.1, 0.15) is 17.9 Å². The topological polar surface area (TPSA) is 140 Å². The SMILES string of the molecule is COCC(=O)NCC1(O)COCCN(C(=O)c2cc(C)nc(N)n2)C1. The summed E-state index contributed by atoms with van der Waals surface area (Å²) in [5.74, 6) is -0.738. The van der Waals surface area contributed by atoms with Crippen molar-refractivity contribution in [3.8, 4) is 0 Å². The summed E-state index contributed by atoms with van der Waals surface area (Å²) in [6.07, 6.45) is 0. The van der Waals surface area contributed by atoms with E-state index in [2.05, 4.69) is 15.3 Å². The first-order valence-corrected chi connectivity index (χ1v) is 7.79. The smallest absolute Gasteiger partial charge is 0.272 e. The van der Waals surface area contributed by atoms with Crippen molar-refractivity contribution in [3.05, 3.63) is 17.5 Å². The van der Waals surface area contributed by atoms with Crippen LogP contribution in [-0.4, -0.2) is 84.0 Å². The van der Waals surface area contributed by atoms with Crippen LogP contribution in [0.5, 0.6) is 0 Å². The minimum atomic E-state index is -1.41. The fourth-order valence-corrected chi connectivity index (χ4v) is 2.51. The Bertz CT molecular complexity index is 620. The van der Waals surface area contributed by atoms with Gasteiger partial charge in [-0.05, 0) is 13.0 Å². The number of aromatic nitrogens is 2. The Hall–Kier alpha value is -2.30. The number of nitrogens with two attached hydrogens (primary N) is 1. The van der Waals surface area contributed by atoms with Gasteiger partial charge in [-0.1, -0.05) is 0 Å². The van der Waals surface area contributed by atoms with Gasteiger partial charge < -0.3 is 30.5 Å². The summed E-state index contributed by atoms with van der Waals surface area (Å²) in [7, 11) is 1.40. The van der Waals surface area contributed by atoms with Crippen LogP contribution in [0.15, 0.2) is 6.07 Å². The maximum atomic E-state index is 12.7. The second kappa shape index (κ2) is 8.19. The molecule has 0 aromatic carbocycles. The number of aliphatic hydroxyl groups is 1. The third-order valence-corrected chi connectivity index (χ3v) is 3.63. The van der Waals surface area contributed by atoms with E-state index in [9.17, 15) is 14.7 Å². The Labute approximate surface area is 145 Å². The van der Waals surface area contributed by atoms with E-state index in [1.807, 2.05) is 0 Å². The number of hydrogen-bond acceptors (Lipinski definition) is 8. The molecule has 4 N–H and O–H groups in total. The molecule has 1 aromatic heterocycles. The average Bonchev–Trinajstić information content (AvgIpc) is 2.74. The van der Waals surface area contributed by atoms with Gasteiger partial charge in [-0.2, -0.15) is 0 Å². The standard InChI is InChI=1S/C15H23N5O5/c1-10-5-11(19-14(16)18-10)13(22)20-3-4-25-9-15(23,8-20)7-17-12(21)6-24-2/h5,23H,3-4,6-9H2,1-2H3,(H,17,21)(H2,16,18,19). The number of nitrogens with one attached hydrogen (secondary N) is 1. The fraction of sp³-hybridized carbons (Fsp3) is 0.600. The van der Waals surface area contributed by atoms with Crippen LogP contribution in [0.1, 0.15) is 16.2 Å². The number of amides is 2. The molecule has 10 nitrogen and oxygen atoms in total. The molecule has 1 fully saturated rings. The molecule has 1 unspecified atom stereocenters. The van der Waals surface area contributed by atoms with Gasteiger partial charge in [0.15, 0.2) is 0 Å². The number of nitrogen functional groups attached to an aromatic ring is 1. The third kappa shape index (κ3) is 5.34. The number of aryl methyl sites for hydroxylation is 1. The Morgan fingerprint density at radius 3 is 2.96 bits per heavy atom. The van der Waals surface area contributed by atoms with Crippen molar-refractivity contribution in [2.45, 2.75) is 12.5 Å². The van der Waals surface area contributed by atoms with Crippen molar-refractivity contribution in [3.63, 3.8) is 0 Å². The normalized spacial score (nSPS) is 20.8. The highest BCUT2D eigenvalue weighted by Crippen LogP contribution is 2.15. The summed E-state index contributed by atoms with van der Waals surface area (Å²) < 4.78 is 10.1. The molecule has 25 heavy (non-hydrogen) atoms. The van der Waals surface area contributed by atoms with Crippen molar-refractivity contribution in [1.29, 1.82) is 0 Å². The summed E-state index contributed by atoms with van der Waals surface area (Å²) in [6, 6.07) is 1.53. The molecule has 2 amide bonds. The van der Waals surface area contributed by atoms with Gasteiger partial charge in [0.2, 0.25) is 11.9 Å². The number of methoxy groups -OCH3 is 1. The van der Waals surface area contributed by atoms with Crippen molar-refractivity contribution >= 4 is 17.8 Å². The third-order valence-electron chi connectivity index (χ3n) is 3.63. The summed E-state index contributed by atoms with van der Waals surface area (Å²) >= 11 is 0. The van der Waals surface area contributed by atoms with E-state index < -0.39 is 5.60 Å². The molecule has 0 saturated carbocycles. The molecule has 0 aliphatic carbocycles. The zero-order valence-corrected chi connectivity index (χ0v) is 14.3. The highest BCUT2D eigenvalue weighted by Gasteiger charge is 2.35. The van der Waals surface area contributed by atoms with Crippen LogP contribution in [0, 0.1) is 6.92 Å². The molecule has 1 atom stereocenters. The number of nitrogens with zero attached hydrogens (tertiary/aromatic N) is 3. The molecule has 10 heteroatoms. The van der Waals surface area contributed by atoms with E-state index in [0.29, 0.717) is 5.69 Å². The van der Waals surface area contributed by atoms with Crippen LogP contribution >= 0.6 is 0 Å². The summed E-state index contributed by atoms with van der Waals surface area (Å²) in [4.78, 5) is 33.5. The lowest BCUT2D eigenvalue weighted by atomic mass is 10.0. The van der Waals surface area contributed by atoms with E-state index in [0.717, 1.165) is 0 Å². The number of carbonyl (C=O) groups excluding carboxylic acids is 2. The lowest BCUT2D eigenvalue weighted by Crippen LogP contribution is -2.53. The van der Waals surface area contributed by atoms with Gasteiger partial charge in [0, 0.05) is 19.3 Å². The van der Waals surface area contributed by atoms with Crippen LogP contribution in [-0.2, 0) is 14.3 Å². The molecule has 0 spiro atoms. The van der Waals surface area contributed by atoms with Crippen molar-refractivity contribution in [1.82, 2.24) is 20.2 Å². The second-order valence-electron chi connectivity index (χ2n) is 5.97. The molecular weight excluding hydrogens is 330 g/mol. The highest BCUT2D eigenvalue weighted by atomic mass is 16.5.